The molecule has 0 aromatic heterocycles. The molecule has 2 saturated carbocycles. The molecule has 0 bridgehead atoms. The Bertz CT molecular complexity index is 1140. The molecule has 3 fully saturated rings. The first-order chi connectivity index (χ1) is 22.3. The van der Waals surface area contributed by atoms with Crippen molar-refractivity contribution in [2.24, 2.45) is 17.6 Å². The molecular weight excluding hydrogens is 586 g/mol. The molecule has 3 aliphatic rings. The van der Waals surface area contributed by atoms with Crippen LogP contribution in [0.3, 0.4) is 0 Å². The predicted molar refractivity (Wildman–Crippen MR) is 178 cm³/mol. The van der Waals surface area contributed by atoms with E-state index in [1.54, 1.807) is 24.3 Å². The lowest BCUT2D eigenvalue weighted by Crippen LogP contribution is -2.59. The zero-order valence-corrected chi connectivity index (χ0v) is 28.1. The molecule has 1 aliphatic heterocycles. The Balaban J connectivity index is 0.00000177. The van der Waals surface area contributed by atoms with Gasteiger partial charge in [0.25, 0.3) is 0 Å². The second-order valence-electron chi connectivity index (χ2n) is 12.0. The molecule has 4 amide bonds. The molecule has 4 atom stereocenters. The number of hydrogen-bond acceptors (Lipinski definition) is 7. The van der Waals surface area contributed by atoms with Crippen molar-refractivity contribution in [1.29, 1.82) is 0 Å². The van der Waals surface area contributed by atoms with Crippen molar-refractivity contribution < 1.29 is 28.8 Å². The normalized spacial score (nSPS) is 19.8. The number of aldehydes is 1. The number of benzene rings is 1. The predicted octanol–water partition coefficient (Wildman–Crippen LogP) is 3.93. The van der Waals surface area contributed by atoms with Crippen LogP contribution >= 0.6 is 0 Å². The molecule has 5 N–H and O–H groups in total. The van der Waals surface area contributed by atoms with Gasteiger partial charge in [-0.05, 0) is 57.4 Å². The smallest absolute Gasteiger partial charge is 0.316 e. The van der Waals surface area contributed by atoms with Crippen LogP contribution in [0.4, 0.5) is 4.79 Å². The number of rotatable bonds is 13. The summed E-state index contributed by atoms with van der Waals surface area (Å²) in [7, 11) is 1.50. The highest BCUT2D eigenvalue weighted by atomic mass is 16.2. The lowest BCUT2D eigenvalue weighted by Gasteiger charge is -2.35. The highest BCUT2D eigenvalue weighted by molar-refractivity contribution is 6.28. The van der Waals surface area contributed by atoms with Gasteiger partial charge in [0.05, 0.1) is 12.1 Å². The number of Topliss-reactive ketones (excluding diaryl/α,β-unsaturated/α-hetero) is 2. The molecule has 4 rings (SSSR count). The molecule has 3 unspecified atom stereocenters. The fourth-order valence-electron chi connectivity index (χ4n) is 6.49. The van der Waals surface area contributed by atoms with Crippen LogP contribution < -0.4 is 21.7 Å². The van der Waals surface area contributed by atoms with Gasteiger partial charge in [-0.1, -0.05) is 89.6 Å². The fourth-order valence-corrected chi connectivity index (χ4v) is 6.49. The standard InChI is InChI=1S/C32H44N4O6.C2H6.CH5N/c1-2-24(29(39)23-15-7-4-8-16-23)34-32(42)35-28(22-13-5-3-6-14-22)31(41)36-18-10-17-26(36)30(40)33-25(27(38)20-37)19-21-11-9-12-21;2*1-2/h4,7-8,15-16,20-22,24-26,28H,2-3,5-6,9-14,17-19H2,1H3,(H,33,40)(H2,34,35,42);1-2H3;2H2,1H3/t24?,25?,26-,28?;;/m0../s1. The van der Waals surface area contributed by atoms with Crippen LogP contribution in [0, 0.1) is 11.8 Å². The summed E-state index contributed by atoms with van der Waals surface area (Å²) in [6, 6.07) is 4.92. The maximum absolute atomic E-state index is 14.0. The van der Waals surface area contributed by atoms with Gasteiger partial charge in [-0.15, -0.1) is 0 Å². The summed E-state index contributed by atoms with van der Waals surface area (Å²) in [6.45, 7) is 6.18. The number of hydrogen-bond donors (Lipinski definition) is 4. The van der Waals surface area contributed by atoms with E-state index in [0.29, 0.717) is 43.7 Å². The molecular formula is C35H55N5O6. The van der Waals surface area contributed by atoms with Gasteiger partial charge in [-0.2, -0.15) is 0 Å². The first-order valence-corrected chi connectivity index (χ1v) is 17.2. The fraction of sp³-hybridized carbons (Fsp3) is 0.657. The molecule has 0 spiro atoms. The van der Waals surface area contributed by atoms with E-state index in [2.05, 4.69) is 21.7 Å². The molecule has 1 aromatic rings. The van der Waals surface area contributed by atoms with E-state index in [1.165, 1.54) is 11.9 Å². The number of carbonyl (C=O) groups excluding carboxylic acids is 6. The summed E-state index contributed by atoms with van der Waals surface area (Å²) >= 11 is 0. The van der Waals surface area contributed by atoms with Crippen molar-refractivity contribution >= 4 is 35.7 Å². The van der Waals surface area contributed by atoms with E-state index >= 15 is 0 Å². The molecule has 2 aliphatic carbocycles. The molecule has 11 heteroatoms. The third kappa shape index (κ3) is 10.7. The molecule has 1 aromatic carbocycles. The zero-order chi connectivity index (χ0) is 34.1. The number of urea groups is 1. The SMILES string of the molecule is CC.CCC(NC(=O)NC(C(=O)N1CCC[C@H]1C(=O)NC(CC1CCC1)C(=O)C=O)C1CCCCC1)C(=O)c1ccccc1.CN. The van der Waals surface area contributed by atoms with Crippen LogP contribution in [0.2, 0.25) is 0 Å². The molecule has 46 heavy (non-hydrogen) atoms. The van der Waals surface area contributed by atoms with Crippen LogP contribution in [0.15, 0.2) is 30.3 Å². The van der Waals surface area contributed by atoms with Gasteiger partial charge < -0.3 is 26.6 Å². The first kappa shape index (κ1) is 38.6. The molecule has 1 heterocycles. The zero-order valence-electron chi connectivity index (χ0n) is 28.1. The molecule has 0 radical (unpaired) electrons. The largest absolute Gasteiger partial charge is 0.344 e. The summed E-state index contributed by atoms with van der Waals surface area (Å²) in [5.41, 5.74) is 5.00. The monoisotopic (exact) mass is 641 g/mol. The van der Waals surface area contributed by atoms with Crippen molar-refractivity contribution in [2.75, 3.05) is 13.6 Å². The average molecular weight is 642 g/mol. The quantitative estimate of drug-likeness (QED) is 0.144. The van der Waals surface area contributed by atoms with E-state index < -0.39 is 41.9 Å². The van der Waals surface area contributed by atoms with Crippen molar-refractivity contribution in [3.8, 4) is 0 Å². The highest BCUT2D eigenvalue weighted by Gasteiger charge is 2.42. The van der Waals surface area contributed by atoms with E-state index in [9.17, 15) is 28.8 Å². The van der Waals surface area contributed by atoms with Crippen LogP contribution in [0.25, 0.3) is 0 Å². The van der Waals surface area contributed by atoms with Crippen molar-refractivity contribution in [2.45, 2.75) is 122 Å². The number of ketones is 2. The van der Waals surface area contributed by atoms with E-state index in [4.69, 9.17) is 0 Å². The summed E-state index contributed by atoms with van der Waals surface area (Å²) in [4.78, 5) is 78.7. The Hall–Kier alpha value is -3.60. The number of carbonyl (C=O) groups is 6. The van der Waals surface area contributed by atoms with Crippen molar-refractivity contribution in [3.63, 3.8) is 0 Å². The average Bonchev–Trinajstić information content (AvgIpc) is 3.59. The van der Waals surface area contributed by atoms with Crippen LogP contribution in [0.1, 0.15) is 108 Å². The minimum Gasteiger partial charge on any atom is -0.344 e. The maximum atomic E-state index is 14.0. The van der Waals surface area contributed by atoms with Crippen LogP contribution in [0.5, 0.6) is 0 Å². The van der Waals surface area contributed by atoms with Gasteiger partial charge in [0.15, 0.2) is 12.1 Å². The van der Waals surface area contributed by atoms with E-state index in [1.807, 2.05) is 26.8 Å². The summed E-state index contributed by atoms with van der Waals surface area (Å²) < 4.78 is 0. The van der Waals surface area contributed by atoms with Gasteiger partial charge in [-0.3, -0.25) is 24.0 Å². The van der Waals surface area contributed by atoms with E-state index in [0.717, 1.165) is 51.4 Å². The number of nitrogens with one attached hydrogen (secondary N) is 3. The number of likely N-dealkylation sites (tertiary alicyclic amines) is 1. The minimum atomic E-state index is -0.885. The third-order valence-corrected chi connectivity index (χ3v) is 9.17. The van der Waals surface area contributed by atoms with Gasteiger partial charge in [0.1, 0.15) is 12.1 Å². The highest BCUT2D eigenvalue weighted by Crippen LogP contribution is 2.31. The number of nitrogens with two attached hydrogens (primary N) is 1. The molecule has 1 saturated heterocycles. The summed E-state index contributed by atoms with van der Waals surface area (Å²) in [5, 5.41) is 8.41. The molecule has 256 valence electrons. The van der Waals surface area contributed by atoms with Crippen molar-refractivity contribution in [1.82, 2.24) is 20.9 Å². The van der Waals surface area contributed by atoms with Gasteiger partial charge in [-0.25, -0.2) is 4.79 Å². The second kappa shape index (κ2) is 20.5. The first-order valence-electron chi connectivity index (χ1n) is 17.2. The van der Waals surface area contributed by atoms with Crippen LogP contribution in [-0.2, 0) is 19.2 Å². The van der Waals surface area contributed by atoms with Gasteiger partial charge in [0, 0.05) is 12.1 Å². The topological polar surface area (TPSA) is 168 Å². The Labute approximate surface area is 274 Å². The third-order valence-electron chi connectivity index (χ3n) is 9.17. The summed E-state index contributed by atoms with van der Waals surface area (Å²) in [5.74, 6) is -1.40. The van der Waals surface area contributed by atoms with Crippen molar-refractivity contribution in [3.05, 3.63) is 35.9 Å². The Kier molecular flexibility index (Phi) is 17.2. The minimum absolute atomic E-state index is 0.0887. The Morgan fingerprint density at radius 2 is 1.50 bits per heavy atom. The van der Waals surface area contributed by atoms with Gasteiger partial charge >= 0.3 is 6.03 Å². The maximum Gasteiger partial charge on any atom is 0.316 e. The van der Waals surface area contributed by atoms with E-state index in [-0.39, 0.29) is 23.9 Å². The number of amides is 4. The van der Waals surface area contributed by atoms with Gasteiger partial charge in [0.2, 0.25) is 17.6 Å². The lowest BCUT2D eigenvalue weighted by atomic mass is 9.80. The second-order valence-corrected chi connectivity index (χ2v) is 12.0. The lowest BCUT2D eigenvalue weighted by molar-refractivity contribution is -0.142. The Morgan fingerprint density at radius 1 is 0.848 bits per heavy atom. The summed E-state index contributed by atoms with van der Waals surface area (Å²) in [6.07, 6.45) is 9.66. The molecule has 11 nitrogen and oxygen atoms in total. The Morgan fingerprint density at radius 3 is 2.07 bits per heavy atom. The van der Waals surface area contributed by atoms with Crippen LogP contribution in [-0.4, -0.2) is 78.4 Å². The number of nitrogens with zero attached hydrogens (tertiary/aromatic N) is 1.